The van der Waals surface area contributed by atoms with Crippen molar-refractivity contribution < 1.29 is 9.47 Å². The maximum Gasteiger partial charge on any atom is 0.248 e. The van der Waals surface area contributed by atoms with E-state index >= 15 is 0 Å². The predicted octanol–water partition coefficient (Wildman–Crippen LogP) is 3.16. The number of halogens is 3. The number of aromatic nitrogens is 2. The molecule has 1 aliphatic heterocycles. The molecule has 17 heavy (non-hydrogen) atoms. The number of H-pyrrole nitrogens is 1. The van der Waals surface area contributed by atoms with Crippen molar-refractivity contribution in [1.29, 1.82) is 0 Å². The highest BCUT2D eigenvalue weighted by molar-refractivity contribution is 6.66. The third-order valence-electron chi connectivity index (χ3n) is 2.41. The van der Waals surface area contributed by atoms with E-state index in [0.717, 1.165) is 5.52 Å². The molecule has 2 aromatic rings. The fraction of sp³-hybridized carbons (Fsp3) is 0.300. The van der Waals surface area contributed by atoms with Crippen LogP contribution >= 0.6 is 34.8 Å². The van der Waals surface area contributed by atoms with Crippen molar-refractivity contribution in [2.45, 2.75) is 3.79 Å². The van der Waals surface area contributed by atoms with Crippen LogP contribution in [0, 0.1) is 0 Å². The molecule has 0 saturated carbocycles. The van der Waals surface area contributed by atoms with Crippen molar-refractivity contribution >= 4 is 45.8 Å². The van der Waals surface area contributed by atoms with Gasteiger partial charge in [-0.1, -0.05) is 34.8 Å². The minimum absolute atomic E-state index is 0.278. The maximum atomic E-state index is 5.76. The first-order valence-corrected chi connectivity index (χ1v) is 6.04. The summed E-state index contributed by atoms with van der Waals surface area (Å²) < 4.78 is 9.34. The van der Waals surface area contributed by atoms with Crippen molar-refractivity contribution in [3.05, 3.63) is 18.0 Å². The molecule has 0 bridgehead atoms. The normalized spacial score (nSPS) is 15.2. The summed E-state index contributed by atoms with van der Waals surface area (Å²) in [5, 5.41) is 0. The topological polar surface area (TPSA) is 47.1 Å². The predicted molar refractivity (Wildman–Crippen MR) is 66.3 cm³/mol. The minimum Gasteiger partial charge on any atom is -0.486 e. The standard InChI is InChI=1S/C10H7Cl3N2O2/c11-10(12,13)9-14-5-3-7-8(4-6(5)15-9)17-2-1-16-7/h3-4H,1-2H2,(H,14,15). The van der Waals surface area contributed by atoms with E-state index in [2.05, 4.69) is 9.97 Å². The number of rotatable bonds is 0. The molecule has 3 rings (SSSR count). The number of aromatic amines is 1. The van der Waals surface area contributed by atoms with Gasteiger partial charge in [-0.05, 0) is 0 Å². The lowest BCUT2D eigenvalue weighted by Gasteiger charge is -2.17. The van der Waals surface area contributed by atoms with E-state index in [1.807, 2.05) is 0 Å². The van der Waals surface area contributed by atoms with Gasteiger partial charge in [-0.15, -0.1) is 0 Å². The van der Waals surface area contributed by atoms with Crippen molar-refractivity contribution in [1.82, 2.24) is 9.97 Å². The number of ether oxygens (including phenoxy) is 2. The van der Waals surface area contributed by atoms with E-state index in [4.69, 9.17) is 44.3 Å². The van der Waals surface area contributed by atoms with E-state index in [1.54, 1.807) is 12.1 Å². The second-order valence-corrected chi connectivity index (χ2v) is 5.88. The lowest BCUT2D eigenvalue weighted by Crippen LogP contribution is -2.15. The van der Waals surface area contributed by atoms with Gasteiger partial charge in [-0.25, -0.2) is 4.98 Å². The molecule has 90 valence electrons. The summed E-state index contributed by atoms with van der Waals surface area (Å²) in [6, 6.07) is 3.55. The van der Waals surface area contributed by atoms with Crippen LogP contribution in [0.15, 0.2) is 12.1 Å². The molecule has 1 N–H and O–H groups in total. The average molecular weight is 294 g/mol. The first-order chi connectivity index (χ1) is 8.04. The zero-order valence-electron chi connectivity index (χ0n) is 8.47. The Morgan fingerprint density at radius 2 is 1.76 bits per heavy atom. The Hall–Kier alpha value is -0.840. The lowest BCUT2D eigenvalue weighted by molar-refractivity contribution is 0.172. The Morgan fingerprint density at radius 3 is 2.41 bits per heavy atom. The van der Waals surface area contributed by atoms with Crippen LogP contribution in [0.3, 0.4) is 0 Å². The number of nitrogens with zero attached hydrogens (tertiary/aromatic N) is 1. The van der Waals surface area contributed by atoms with Crippen LogP contribution in [0.2, 0.25) is 0 Å². The number of hydrogen-bond acceptors (Lipinski definition) is 3. The van der Waals surface area contributed by atoms with Gasteiger partial charge in [0.25, 0.3) is 0 Å². The molecule has 0 saturated heterocycles. The molecule has 1 aliphatic rings. The summed E-state index contributed by atoms with van der Waals surface area (Å²) in [6.45, 7) is 1.06. The highest BCUT2D eigenvalue weighted by Gasteiger charge is 2.27. The monoisotopic (exact) mass is 292 g/mol. The molecule has 0 radical (unpaired) electrons. The average Bonchev–Trinajstić information content (AvgIpc) is 2.68. The molecule has 0 fully saturated rings. The molecule has 7 heteroatoms. The van der Waals surface area contributed by atoms with Gasteiger partial charge in [-0.2, -0.15) is 0 Å². The van der Waals surface area contributed by atoms with E-state index in [-0.39, 0.29) is 5.82 Å². The molecule has 4 nitrogen and oxygen atoms in total. The highest BCUT2D eigenvalue weighted by Crippen LogP contribution is 2.39. The molecule has 0 aliphatic carbocycles. The van der Waals surface area contributed by atoms with E-state index in [0.29, 0.717) is 30.2 Å². The van der Waals surface area contributed by atoms with Gasteiger partial charge >= 0.3 is 0 Å². The Morgan fingerprint density at radius 1 is 1.12 bits per heavy atom. The summed E-state index contributed by atoms with van der Waals surface area (Å²) in [5.41, 5.74) is 1.42. The number of hydrogen-bond donors (Lipinski definition) is 1. The number of fused-ring (bicyclic) bond motifs is 2. The van der Waals surface area contributed by atoms with Gasteiger partial charge in [0, 0.05) is 12.1 Å². The summed E-state index contributed by atoms with van der Waals surface area (Å²) >= 11 is 17.3. The van der Waals surface area contributed by atoms with Gasteiger partial charge in [0.2, 0.25) is 3.79 Å². The molecular formula is C10H7Cl3N2O2. The number of benzene rings is 1. The third-order valence-corrected chi connectivity index (χ3v) is 2.95. The van der Waals surface area contributed by atoms with E-state index in [9.17, 15) is 0 Å². The van der Waals surface area contributed by atoms with Gasteiger partial charge in [0.1, 0.15) is 13.2 Å². The van der Waals surface area contributed by atoms with Crippen molar-refractivity contribution in [3.63, 3.8) is 0 Å². The molecule has 0 amide bonds. The van der Waals surface area contributed by atoms with Crippen molar-refractivity contribution in [3.8, 4) is 11.5 Å². The van der Waals surface area contributed by atoms with Gasteiger partial charge < -0.3 is 14.5 Å². The van der Waals surface area contributed by atoms with Crippen molar-refractivity contribution in [2.75, 3.05) is 13.2 Å². The fourth-order valence-electron chi connectivity index (χ4n) is 1.68. The number of imidazole rings is 1. The molecule has 0 atom stereocenters. The molecule has 2 heterocycles. The molecule has 1 aromatic carbocycles. The van der Waals surface area contributed by atoms with Crippen LogP contribution in [0.5, 0.6) is 11.5 Å². The second kappa shape index (κ2) is 3.83. The van der Waals surface area contributed by atoms with Crippen LogP contribution in [0.25, 0.3) is 11.0 Å². The van der Waals surface area contributed by atoms with E-state index in [1.165, 1.54) is 0 Å². The largest absolute Gasteiger partial charge is 0.486 e. The first kappa shape index (κ1) is 11.3. The van der Waals surface area contributed by atoms with Crippen LogP contribution in [0.1, 0.15) is 5.82 Å². The SMILES string of the molecule is ClC(Cl)(Cl)c1nc2cc3c(cc2[nH]1)OCCO3. The van der Waals surface area contributed by atoms with Crippen LogP contribution < -0.4 is 9.47 Å². The summed E-state index contributed by atoms with van der Waals surface area (Å²) in [7, 11) is 0. The second-order valence-electron chi connectivity index (χ2n) is 3.60. The van der Waals surface area contributed by atoms with Crippen molar-refractivity contribution in [2.24, 2.45) is 0 Å². The quantitative estimate of drug-likeness (QED) is 0.759. The molecule has 0 unspecified atom stereocenters. The van der Waals surface area contributed by atoms with Gasteiger partial charge in [0.05, 0.1) is 11.0 Å². The van der Waals surface area contributed by atoms with Crippen LogP contribution in [-0.4, -0.2) is 23.2 Å². The highest BCUT2D eigenvalue weighted by atomic mass is 35.6. The maximum absolute atomic E-state index is 5.76. The Bertz CT molecular complexity index is 534. The van der Waals surface area contributed by atoms with Gasteiger partial charge in [-0.3, -0.25) is 0 Å². The number of nitrogens with one attached hydrogen (secondary N) is 1. The Kier molecular flexibility index (Phi) is 2.54. The summed E-state index contributed by atoms with van der Waals surface area (Å²) in [5.74, 6) is 1.61. The molecule has 0 spiro atoms. The molecular weight excluding hydrogens is 286 g/mol. The third kappa shape index (κ3) is 2.01. The smallest absolute Gasteiger partial charge is 0.248 e. The van der Waals surface area contributed by atoms with Crippen LogP contribution in [-0.2, 0) is 3.79 Å². The fourth-order valence-corrected chi connectivity index (χ4v) is 1.95. The van der Waals surface area contributed by atoms with Crippen LogP contribution in [0.4, 0.5) is 0 Å². The molecule has 1 aromatic heterocycles. The van der Waals surface area contributed by atoms with Gasteiger partial charge in [0.15, 0.2) is 17.3 Å². The zero-order valence-corrected chi connectivity index (χ0v) is 10.7. The number of alkyl halides is 3. The Labute approximate surface area is 112 Å². The van der Waals surface area contributed by atoms with E-state index < -0.39 is 3.79 Å². The zero-order chi connectivity index (χ0) is 12.0. The summed E-state index contributed by atoms with van der Waals surface area (Å²) in [4.78, 5) is 7.15. The Balaban J connectivity index is 2.16. The minimum atomic E-state index is -1.57. The lowest BCUT2D eigenvalue weighted by atomic mass is 10.2. The summed E-state index contributed by atoms with van der Waals surface area (Å²) in [6.07, 6.45) is 0. The first-order valence-electron chi connectivity index (χ1n) is 4.90.